The van der Waals surface area contributed by atoms with Crippen LogP contribution < -0.4 is 16.0 Å². The van der Waals surface area contributed by atoms with E-state index in [1.807, 2.05) is 30.3 Å². The zero-order valence-corrected chi connectivity index (χ0v) is 26.2. The van der Waals surface area contributed by atoms with Crippen molar-refractivity contribution in [3.63, 3.8) is 0 Å². The predicted octanol–water partition coefficient (Wildman–Crippen LogP) is 3.99. The number of nitrogens with one attached hydrogen (secondary N) is 3. The van der Waals surface area contributed by atoms with E-state index in [1.54, 1.807) is 12.1 Å². The van der Waals surface area contributed by atoms with Crippen LogP contribution in [-0.4, -0.2) is 66.5 Å². The molecule has 0 unspecified atom stereocenters. The van der Waals surface area contributed by atoms with Crippen LogP contribution in [0.15, 0.2) is 48.5 Å². The van der Waals surface area contributed by atoms with Gasteiger partial charge in [0, 0.05) is 36.6 Å². The number of nitrogens with zero attached hydrogens (tertiary/aromatic N) is 1. The van der Waals surface area contributed by atoms with Gasteiger partial charge in [-0.15, -0.1) is 24.8 Å². The average Bonchev–Trinajstić information content (AvgIpc) is 3.41. The number of hydrogen-bond donors (Lipinski definition) is 3. The van der Waals surface area contributed by atoms with Gasteiger partial charge in [-0.3, -0.25) is 19.3 Å². The molecule has 5 rings (SSSR count). The van der Waals surface area contributed by atoms with Crippen molar-refractivity contribution >= 4 is 54.2 Å². The molecule has 2 aliphatic heterocycles. The van der Waals surface area contributed by atoms with E-state index in [0.717, 1.165) is 36.8 Å². The molecule has 2 heterocycles. The molecule has 8 nitrogen and oxygen atoms in total. The molecule has 0 spiro atoms. The van der Waals surface area contributed by atoms with E-state index in [4.69, 9.17) is 16.3 Å². The highest BCUT2D eigenvalue weighted by Crippen LogP contribution is 2.30. The van der Waals surface area contributed by atoms with Crippen LogP contribution in [0.2, 0.25) is 5.02 Å². The van der Waals surface area contributed by atoms with Crippen molar-refractivity contribution in [1.29, 1.82) is 0 Å². The fraction of sp³-hybridized carbons (Fsp3) is 0.516. The zero-order chi connectivity index (χ0) is 28.1. The van der Waals surface area contributed by atoms with Gasteiger partial charge in [-0.1, -0.05) is 67.3 Å². The Bertz CT molecular complexity index is 1210. The lowest BCUT2D eigenvalue weighted by Gasteiger charge is -2.34. The summed E-state index contributed by atoms with van der Waals surface area (Å²) in [4.78, 5) is 42.0. The van der Waals surface area contributed by atoms with Crippen molar-refractivity contribution in [2.75, 3.05) is 13.7 Å². The normalized spacial score (nSPS) is 23.0. The second-order valence-corrected chi connectivity index (χ2v) is 11.7. The molecule has 11 heteroatoms. The minimum absolute atomic E-state index is 0. The van der Waals surface area contributed by atoms with Crippen molar-refractivity contribution in [3.8, 4) is 0 Å². The number of methoxy groups -OCH3 is 1. The molecule has 1 aliphatic carbocycles. The molecule has 0 aromatic heterocycles. The summed E-state index contributed by atoms with van der Waals surface area (Å²) in [5, 5.41) is 10.1. The minimum Gasteiger partial charge on any atom is -0.468 e. The first-order valence-electron chi connectivity index (χ1n) is 14.4. The maximum atomic E-state index is 13.7. The number of likely N-dealkylation sites (tertiary alicyclic amines) is 1. The van der Waals surface area contributed by atoms with Gasteiger partial charge in [0.15, 0.2) is 0 Å². The first kappa shape index (κ1) is 34.1. The van der Waals surface area contributed by atoms with E-state index in [2.05, 4.69) is 26.9 Å². The van der Waals surface area contributed by atoms with Crippen LogP contribution in [0, 0.1) is 0 Å². The van der Waals surface area contributed by atoms with Gasteiger partial charge in [0.05, 0.1) is 13.2 Å². The van der Waals surface area contributed by atoms with Crippen LogP contribution in [-0.2, 0) is 38.5 Å². The summed E-state index contributed by atoms with van der Waals surface area (Å²) in [6.45, 7) is 1.20. The molecule has 0 bridgehead atoms. The van der Waals surface area contributed by atoms with Gasteiger partial charge in [-0.05, 0) is 54.5 Å². The van der Waals surface area contributed by atoms with Gasteiger partial charge < -0.3 is 20.7 Å². The Kier molecular flexibility index (Phi) is 12.9. The number of fused-ring (bicyclic) bond motifs is 1. The first-order chi connectivity index (χ1) is 19.4. The van der Waals surface area contributed by atoms with Gasteiger partial charge in [-0.25, -0.2) is 0 Å². The van der Waals surface area contributed by atoms with Crippen LogP contribution in [0.3, 0.4) is 0 Å². The molecule has 2 fully saturated rings. The summed E-state index contributed by atoms with van der Waals surface area (Å²) in [6.07, 6.45) is 7.04. The molecule has 3 N–H and O–H groups in total. The highest BCUT2D eigenvalue weighted by molar-refractivity contribution is 6.30. The standard InChI is InChI=1S/C31H39ClN4O4.2ClH/c1-40-31(39)28-17-24(19-36(28)25-9-3-2-4-10-25)34-30(38)27(15-20-11-13-23(32)14-12-20)35-29(37)26-16-21-7-5-6-8-22(21)18-33-26;;/h5-8,11-14,24-28,33H,2-4,9-10,15-19H2,1H3,(H,34,38)(H,35,37);2*1H/t24-,26+,27+,28-;;/m0../s1. The minimum atomic E-state index is -0.770. The Hall–Kier alpha value is -2.36. The topological polar surface area (TPSA) is 99.8 Å². The molecule has 42 heavy (non-hydrogen) atoms. The quantitative estimate of drug-likeness (QED) is 0.378. The lowest BCUT2D eigenvalue weighted by Crippen LogP contribution is -2.56. The third-order valence-corrected chi connectivity index (χ3v) is 8.84. The largest absolute Gasteiger partial charge is 0.468 e. The summed E-state index contributed by atoms with van der Waals surface area (Å²) < 4.78 is 5.12. The Labute approximate surface area is 265 Å². The summed E-state index contributed by atoms with van der Waals surface area (Å²) in [5.74, 6) is -0.707. The number of carbonyl (C=O) groups excluding carboxylic acids is 3. The second-order valence-electron chi connectivity index (χ2n) is 11.3. The van der Waals surface area contributed by atoms with Crippen LogP contribution in [0.1, 0.15) is 55.2 Å². The summed E-state index contributed by atoms with van der Waals surface area (Å²) >= 11 is 6.08. The Morgan fingerprint density at radius 1 is 1.02 bits per heavy atom. The Morgan fingerprint density at radius 3 is 2.40 bits per heavy atom. The third-order valence-electron chi connectivity index (χ3n) is 8.59. The Balaban J connectivity index is 0.00000242. The van der Waals surface area contributed by atoms with Gasteiger partial charge >= 0.3 is 5.97 Å². The number of hydrogen-bond acceptors (Lipinski definition) is 6. The van der Waals surface area contributed by atoms with Gasteiger partial charge in [0.25, 0.3) is 0 Å². The van der Waals surface area contributed by atoms with Crippen molar-refractivity contribution in [2.45, 2.75) is 88.1 Å². The van der Waals surface area contributed by atoms with E-state index in [0.29, 0.717) is 43.4 Å². The molecule has 0 radical (unpaired) electrons. The highest BCUT2D eigenvalue weighted by Gasteiger charge is 2.42. The molecular weight excluding hydrogens is 599 g/mol. The fourth-order valence-electron chi connectivity index (χ4n) is 6.43. The highest BCUT2D eigenvalue weighted by atomic mass is 35.5. The van der Waals surface area contributed by atoms with Crippen molar-refractivity contribution in [3.05, 3.63) is 70.2 Å². The van der Waals surface area contributed by atoms with Gasteiger partial charge in [-0.2, -0.15) is 0 Å². The first-order valence-corrected chi connectivity index (χ1v) is 14.8. The number of ether oxygens (including phenoxy) is 1. The third kappa shape index (κ3) is 8.38. The predicted molar refractivity (Wildman–Crippen MR) is 168 cm³/mol. The zero-order valence-electron chi connectivity index (χ0n) is 23.9. The smallest absolute Gasteiger partial charge is 0.323 e. The second kappa shape index (κ2) is 15.9. The van der Waals surface area contributed by atoms with E-state index in [-0.39, 0.29) is 54.7 Å². The maximum Gasteiger partial charge on any atom is 0.323 e. The maximum absolute atomic E-state index is 13.7. The summed E-state index contributed by atoms with van der Waals surface area (Å²) in [6, 6.07) is 14.0. The SMILES string of the molecule is COC(=O)[C@@H]1C[C@H](NC(=O)[C@@H](Cc2ccc(Cl)cc2)NC(=O)[C@H]2Cc3ccccc3CN2)CN1C1CCCCC1.Cl.Cl. The van der Waals surface area contributed by atoms with E-state index in [9.17, 15) is 14.4 Å². The number of esters is 1. The molecule has 2 aromatic carbocycles. The molecule has 2 amide bonds. The summed E-state index contributed by atoms with van der Waals surface area (Å²) in [7, 11) is 1.42. The number of rotatable bonds is 8. The monoisotopic (exact) mass is 638 g/mol. The lowest BCUT2D eigenvalue weighted by molar-refractivity contribution is -0.147. The molecule has 2 aromatic rings. The van der Waals surface area contributed by atoms with Crippen LogP contribution in [0.4, 0.5) is 0 Å². The Morgan fingerprint density at radius 2 is 1.71 bits per heavy atom. The van der Waals surface area contributed by atoms with E-state index >= 15 is 0 Å². The van der Waals surface area contributed by atoms with E-state index < -0.39 is 12.1 Å². The summed E-state index contributed by atoms with van der Waals surface area (Å²) in [5.41, 5.74) is 3.23. The molecule has 4 atom stereocenters. The fourth-order valence-corrected chi connectivity index (χ4v) is 6.55. The van der Waals surface area contributed by atoms with Crippen LogP contribution >= 0.6 is 36.4 Å². The number of halogens is 3. The van der Waals surface area contributed by atoms with Crippen LogP contribution in [0.25, 0.3) is 0 Å². The lowest BCUT2D eigenvalue weighted by atomic mass is 9.94. The molecule has 1 saturated heterocycles. The van der Waals surface area contributed by atoms with Gasteiger partial charge in [0.1, 0.15) is 12.1 Å². The van der Waals surface area contributed by atoms with Crippen molar-refractivity contribution in [1.82, 2.24) is 20.9 Å². The molecular formula is C31H41Cl3N4O4. The number of carbonyl (C=O) groups is 3. The van der Waals surface area contributed by atoms with Crippen LogP contribution in [0.5, 0.6) is 0 Å². The molecule has 3 aliphatic rings. The van der Waals surface area contributed by atoms with Crippen molar-refractivity contribution < 1.29 is 19.1 Å². The van der Waals surface area contributed by atoms with E-state index in [1.165, 1.54) is 19.1 Å². The number of benzene rings is 2. The molecule has 1 saturated carbocycles. The average molecular weight is 640 g/mol. The van der Waals surface area contributed by atoms with Gasteiger partial charge in [0.2, 0.25) is 11.8 Å². The number of amides is 2. The molecule has 230 valence electrons. The van der Waals surface area contributed by atoms with Crippen molar-refractivity contribution in [2.24, 2.45) is 0 Å².